The largest absolute Gasteiger partial charge is 0.350 e. The van der Waals surface area contributed by atoms with E-state index in [4.69, 9.17) is 23.2 Å². The van der Waals surface area contributed by atoms with E-state index in [0.717, 1.165) is 12.0 Å². The minimum Gasteiger partial charge on any atom is -0.350 e. The summed E-state index contributed by atoms with van der Waals surface area (Å²) in [6.45, 7) is 1.93. The molecule has 0 saturated carbocycles. The van der Waals surface area contributed by atoms with E-state index in [9.17, 15) is 4.79 Å². The highest BCUT2D eigenvalue weighted by Gasteiger charge is 2.11. The van der Waals surface area contributed by atoms with Gasteiger partial charge < -0.3 is 5.32 Å². The van der Waals surface area contributed by atoms with Gasteiger partial charge in [0.1, 0.15) is 0 Å². The zero-order valence-electron chi connectivity index (χ0n) is 11.0. The summed E-state index contributed by atoms with van der Waals surface area (Å²) in [5.41, 5.74) is 0.948. The molecule has 2 nitrogen and oxygen atoms in total. The van der Waals surface area contributed by atoms with Crippen molar-refractivity contribution < 1.29 is 4.79 Å². The summed E-state index contributed by atoms with van der Waals surface area (Å²) in [7, 11) is 0. The van der Waals surface area contributed by atoms with E-state index < -0.39 is 0 Å². The molecule has 1 atom stereocenters. The van der Waals surface area contributed by atoms with Gasteiger partial charge in [-0.25, -0.2) is 0 Å². The van der Waals surface area contributed by atoms with Crippen LogP contribution >= 0.6 is 34.5 Å². The Kier molecular flexibility index (Phi) is 5.46. The molecule has 0 aliphatic carbocycles. The topological polar surface area (TPSA) is 29.1 Å². The monoisotopic (exact) mass is 327 g/mol. The molecule has 2 aromatic rings. The summed E-state index contributed by atoms with van der Waals surface area (Å²) in [6.07, 6.45) is 1.27. The molecule has 1 aromatic heterocycles. The van der Waals surface area contributed by atoms with Crippen LogP contribution < -0.4 is 5.32 Å². The molecule has 0 radical (unpaired) electrons. The van der Waals surface area contributed by atoms with Gasteiger partial charge in [-0.05, 0) is 42.5 Å². The number of halogens is 2. The quantitative estimate of drug-likeness (QED) is 0.834. The molecule has 0 spiro atoms. The number of carbonyl (C=O) groups is 1. The first-order valence-electron chi connectivity index (χ1n) is 6.33. The standard InChI is InChI=1S/C15H15Cl2NOS/c1-10(11-4-6-13(16)14(17)9-11)18-15(19)7-5-12-3-2-8-20-12/h2-4,6,8-10H,5,7H2,1H3,(H,18,19). The van der Waals surface area contributed by atoms with Crippen molar-refractivity contribution in [3.05, 3.63) is 56.2 Å². The fraction of sp³-hybridized carbons (Fsp3) is 0.267. The minimum atomic E-state index is -0.0828. The molecular formula is C15H15Cl2NOS. The van der Waals surface area contributed by atoms with E-state index in [-0.39, 0.29) is 11.9 Å². The highest BCUT2D eigenvalue weighted by atomic mass is 35.5. The number of hydrogen-bond acceptors (Lipinski definition) is 2. The SMILES string of the molecule is CC(NC(=O)CCc1cccs1)c1ccc(Cl)c(Cl)c1. The summed E-state index contributed by atoms with van der Waals surface area (Å²) in [5.74, 6) is 0.0389. The normalized spacial score (nSPS) is 12.2. The Morgan fingerprint density at radius 1 is 1.30 bits per heavy atom. The van der Waals surface area contributed by atoms with Gasteiger partial charge in [-0.2, -0.15) is 0 Å². The Morgan fingerprint density at radius 3 is 2.75 bits per heavy atom. The van der Waals surface area contributed by atoms with Crippen LogP contribution in [0.25, 0.3) is 0 Å². The van der Waals surface area contributed by atoms with Crippen LogP contribution in [0.4, 0.5) is 0 Å². The molecule has 1 N–H and O–H groups in total. The average molecular weight is 328 g/mol. The average Bonchev–Trinajstić information content (AvgIpc) is 2.92. The first-order chi connectivity index (χ1) is 9.56. The van der Waals surface area contributed by atoms with E-state index in [1.807, 2.05) is 30.5 Å². The fourth-order valence-electron chi connectivity index (χ4n) is 1.87. The van der Waals surface area contributed by atoms with E-state index in [1.54, 1.807) is 23.5 Å². The zero-order valence-corrected chi connectivity index (χ0v) is 13.4. The maximum Gasteiger partial charge on any atom is 0.220 e. The van der Waals surface area contributed by atoms with E-state index in [2.05, 4.69) is 5.32 Å². The highest BCUT2D eigenvalue weighted by molar-refractivity contribution is 7.09. The van der Waals surface area contributed by atoms with Crippen LogP contribution in [0.15, 0.2) is 35.7 Å². The lowest BCUT2D eigenvalue weighted by atomic mass is 10.1. The molecule has 106 valence electrons. The van der Waals surface area contributed by atoms with Crippen LogP contribution in [0.3, 0.4) is 0 Å². The number of aryl methyl sites for hydroxylation is 1. The first-order valence-corrected chi connectivity index (χ1v) is 7.96. The van der Waals surface area contributed by atoms with Gasteiger partial charge in [-0.15, -0.1) is 11.3 Å². The highest BCUT2D eigenvalue weighted by Crippen LogP contribution is 2.25. The summed E-state index contributed by atoms with van der Waals surface area (Å²) in [5, 5.41) is 6.01. The van der Waals surface area contributed by atoms with Crippen LogP contribution in [-0.4, -0.2) is 5.91 Å². The van der Waals surface area contributed by atoms with Crippen molar-refractivity contribution in [1.29, 1.82) is 0 Å². The maximum atomic E-state index is 11.9. The molecule has 5 heteroatoms. The van der Waals surface area contributed by atoms with Crippen molar-refractivity contribution in [3.63, 3.8) is 0 Å². The van der Waals surface area contributed by atoms with Gasteiger partial charge in [-0.1, -0.05) is 35.3 Å². The molecule has 0 aliphatic rings. The molecule has 1 unspecified atom stereocenters. The molecule has 0 fully saturated rings. The number of amides is 1. The smallest absolute Gasteiger partial charge is 0.220 e. The fourth-order valence-corrected chi connectivity index (χ4v) is 2.89. The maximum absolute atomic E-state index is 11.9. The van der Waals surface area contributed by atoms with Crippen molar-refractivity contribution in [2.45, 2.75) is 25.8 Å². The van der Waals surface area contributed by atoms with Gasteiger partial charge in [0.25, 0.3) is 0 Å². The molecule has 1 amide bonds. The van der Waals surface area contributed by atoms with E-state index >= 15 is 0 Å². The molecule has 0 bridgehead atoms. The van der Waals surface area contributed by atoms with Gasteiger partial charge in [0, 0.05) is 11.3 Å². The molecule has 0 saturated heterocycles. The van der Waals surface area contributed by atoms with Crippen molar-refractivity contribution in [2.75, 3.05) is 0 Å². The van der Waals surface area contributed by atoms with Crippen molar-refractivity contribution in [3.8, 4) is 0 Å². The lowest BCUT2D eigenvalue weighted by molar-refractivity contribution is -0.121. The summed E-state index contributed by atoms with van der Waals surface area (Å²) in [4.78, 5) is 13.1. The summed E-state index contributed by atoms with van der Waals surface area (Å²) >= 11 is 13.5. The van der Waals surface area contributed by atoms with Gasteiger partial charge in [-0.3, -0.25) is 4.79 Å². The van der Waals surface area contributed by atoms with Crippen LogP contribution in [0.2, 0.25) is 10.0 Å². The number of rotatable bonds is 5. The summed E-state index contributed by atoms with van der Waals surface area (Å²) < 4.78 is 0. The Labute approximate surface area is 132 Å². The summed E-state index contributed by atoms with van der Waals surface area (Å²) in [6, 6.07) is 9.36. The molecule has 2 rings (SSSR count). The van der Waals surface area contributed by atoms with Crippen molar-refractivity contribution in [1.82, 2.24) is 5.32 Å². The Morgan fingerprint density at radius 2 is 2.10 bits per heavy atom. The first kappa shape index (κ1) is 15.4. The van der Waals surface area contributed by atoms with Crippen molar-refractivity contribution in [2.24, 2.45) is 0 Å². The predicted octanol–water partition coefficient (Wildman–Crippen LogP) is 4.86. The number of benzene rings is 1. The van der Waals surface area contributed by atoms with Gasteiger partial charge in [0.15, 0.2) is 0 Å². The Balaban J connectivity index is 1.88. The molecule has 0 aliphatic heterocycles. The number of nitrogens with one attached hydrogen (secondary N) is 1. The molecular weight excluding hydrogens is 313 g/mol. The lowest BCUT2D eigenvalue weighted by Crippen LogP contribution is -2.26. The Hall–Kier alpha value is -1.03. The van der Waals surface area contributed by atoms with E-state index in [0.29, 0.717) is 16.5 Å². The van der Waals surface area contributed by atoms with Crippen LogP contribution in [0, 0.1) is 0 Å². The number of carbonyl (C=O) groups excluding carboxylic acids is 1. The predicted molar refractivity (Wildman–Crippen MR) is 85.7 cm³/mol. The van der Waals surface area contributed by atoms with Crippen LogP contribution in [0.5, 0.6) is 0 Å². The van der Waals surface area contributed by atoms with Gasteiger partial charge in [0.2, 0.25) is 5.91 Å². The third kappa shape index (κ3) is 4.23. The van der Waals surface area contributed by atoms with Crippen LogP contribution in [0.1, 0.15) is 29.8 Å². The molecule has 20 heavy (non-hydrogen) atoms. The minimum absolute atomic E-state index is 0.0389. The van der Waals surface area contributed by atoms with Crippen LogP contribution in [-0.2, 0) is 11.2 Å². The van der Waals surface area contributed by atoms with Gasteiger partial charge in [0.05, 0.1) is 16.1 Å². The second kappa shape index (κ2) is 7.11. The van der Waals surface area contributed by atoms with Crippen molar-refractivity contribution >= 4 is 40.4 Å². The third-order valence-corrected chi connectivity index (χ3v) is 4.67. The lowest BCUT2D eigenvalue weighted by Gasteiger charge is -2.15. The van der Waals surface area contributed by atoms with Gasteiger partial charge >= 0.3 is 0 Å². The Bertz CT molecular complexity index is 584. The molecule has 1 aromatic carbocycles. The number of thiophene rings is 1. The second-order valence-corrected chi connectivity index (χ2v) is 6.39. The van der Waals surface area contributed by atoms with E-state index in [1.165, 1.54) is 4.88 Å². The third-order valence-electron chi connectivity index (χ3n) is 3.00. The second-order valence-electron chi connectivity index (χ2n) is 4.54. The molecule has 1 heterocycles. The number of hydrogen-bond donors (Lipinski definition) is 1. The zero-order chi connectivity index (χ0) is 14.5.